The normalized spacial score (nSPS) is 24.4. The molecule has 1 saturated heterocycles. The molecule has 0 spiro atoms. The SMILES string of the molecule is Cc1ccc(C(=O)CCN2CC[C@@H](C)[C@@H](O)C2)cc1. The van der Waals surface area contributed by atoms with Crippen LogP contribution in [-0.2, 0) is 0 Å². The molecule has 1 N–H and O–H groups in total. The van der Waals surface area contributed by atoms with E-state index in [1.165, 1.54) is 5.56 Å². The highest BCUT2D eigenvalue weighted by Crippen LogP contribution is 2.17. The molecule has 2 atom stereocenters. The van der Waals surface area contributed by atoms with Gasteiger partial charge in [0.2, 0.25) is 0 Å². The van der Waals surface area contributed by atoms with Crippen LogP contribution in [0.2, 0.25) is 0 Å². The first-order valence-corrected chi connectivity index (χ1v) is 7.06. The molecule has 0 bridgehead atoms. The lowest BCUT2D eigenvalue weighted by Gasteiger charge is -2.34. The number of aliphatic hydroxyl groups is 1. The summed E-state index contributed by atoms with van der Waals surface area (Å²) < 4.78 is 0. The number of hydrogen-bond donors (Lipinski definition) is 1. The van der Waals surface area contributed by atoms with Gasteiger partial charge in [-0.25, -0.2) is 0 Å². The Morgan fingerprint density at radius 2 is 2.05 bits per heavy atom. The molecular weight excluding hydrogens is 238 g/mol. The van der Waals surface area contributed by atoms with Gasteiger partial charge in [0.15, 0.2) is 5.78 Å². The third-order valence-electron chi connectivity index (χ3n) is 4.03. The number of carbonyl (C=O) groups is 1. The zero-order valence-corrected chi connectivity index (χ0v) is 11.8. The van der Waals surface area contributed by atoms with E-state index in [2.05, 4.69) is 11.8 Å². The van der Waals surface area contributed by atoms with Crippen LogP contribution in [-0.4, -0.2) is 41.5 Å². The van der Waals surface area contributed by atoms with Crippen molar-refractivity contribution >= 4 is 5.78 Å². The maximum atomic E-state index is 12.1. The Bertz CT molecular complexity index is 427. The summed E-state index contributed by atoms with van der Waals surface area (Å²) in [6, 6.07) is 7.73. The number of benzene rings is 1. The number of piperidine rings is 1. The van der Waals surface area contributed by atoms with E-state index in [1.54, 1.807) is 0 Å². The number of ketones is 1. The van der Waals surface area contributed by atoms with E-state index in [0.717, 1.165) is 25.1 Å². The van der Waals surface area contributed by atoms with Gasteiger partial charge in [-0.05, 0) is 25.8 Å². The van der Waals surface area contributed by atoms with Crippen LogP contribution in [0.15, 0.2) is 24.3 Å². The zero-order valence-electron chi connectivity index (χ0n) is 11.8. The van der Waals surface area contributed by atoms with Gasteiger partial charge in [-0.15, -0.1) is 0 Å². The molecule has 1 heterocycles. The molecule has 0 aromatic heterocycles. The Morgan fingerprint density at radius 1 is 1.37 bits per heavy atom. The lowest BCUT2D eigenvalue weighted by Crippen LogP contribution is -2.43. The molecule has 0 unspecified atom stereocenters. The summed E-state index contributed by atoms with van der Waals surface area (Å²) in [7, 11) is 0. The summed E-state index contributed by atoms with van der Waals surface area (Å²) in [6.07, 6.45) is 1.30. The van der Waals surface area contributed by atoms with Crippen LogP contribution in [0.4, 0.5) is 0 Å². The molecular formula is C16H23NO2. The van der Waals surface area contributed by atoms with Crippen LogP contribution in [0.1, 0.15) is 35.7 Å². The fraction of sp³-hybridized carbons (Fsp3) is 0.562. The van der Waals surface area contributed by atoms with Crippen molar-refractivity contribution in [3.05, 3.63) is 35.4 Å². The van der Waals surface area contributed by atoms with Gasteiger partial charge in [0.05, 0.1) is 6.10 Å². The van der Waals surface area contributed by atoms with Crippen molar-refractivity contribution in [1.29, 1.82) is 0 Å². The van der Waals surface area contributed by atoms with E-state index < -0.39 is 0 Å². The highest BCUT2D eigenvalue weighted by Gasteiger charge is 2.24. The standard InChI is InChI=1S/C16H23NO2/c1-12-3-5-14(6-4-12)15(18)8-10-17-9-7-13(2)16(19)11-17/h3-6,13,16,19H,7-11H2,1-2H3/t13-,16+/m1/s1. The molecule has 3 heteroatoms. The largest absolute Gasteiger partial charge is 0.392 e. The van der Waals surface area contributed by atoms with Crippen LogP contribution in [0, 0.1) is 12.8 Å². The van der Waals surface area contributed by atoms with Crippen molar-refractivity contribution in [2.24, 2.45) is 5.92 Å². The van der Waals surface area contributed by atoms with Crippen LogP contribution in [0.25, 0.3) is 0 Å². The predicted molar refractivity (Wildman–Crippen MR) is 76.4 cm³/mol. The molecule has 1 aliphatic rings. The summed E-state index contributed by atoms with van der Waals surface area (Å²) in [5.41, 5.74) is 1.96. The molecule has 3 nitrogen and oxygen atoms in total. The topological polar surface area (TPSA) is 40.5 Å². The summed E-state index contributed by atoms with van der Waals surface area (Å²) in [5.74, 6) is 0.567. The molecule has 1 aromatic rings. The number of likely N-dealkylation sites (tertiary alicyclic amines) is 1. The van der Waals surface area contributed by atoms with E-state index in [4.69, 9.17) is 0 Å². The van der Waals surface area contributed by atoms with Gasteiger partial charge in [-0.3, -0.25) is 4.79 Å². The van der Waals surface area contributed by atoms with Crippen LogP contribution in [0.5, 0.6) is 0 Å². The third kappa shape index (κ3) is 3.88. The van der Waals surface area contributed by atoms with Crippen molar-refractivity contribution in [3.8, 4) is 0 Å². The highest BCUT2D eigenvalue weighted by molar-refractivity contribution is 5.96. The Labute approximate surface area is 115 Å². The molecule has 1 aliphatic heterocycles. The molecule has 0 amide bonds. The van der Waals surface area contributed by atoms with Gasteiger partial charge in [0.1, 0.15) is 0 Å². The molecule has 1 aromatic carbocycles. The summed E-state index contributed by atoms with van der Waals surface area (Å²) in [5, 5.41) is 9.83. The van der Waals surface area contributed by atoms with Crippen molar-refractivity contribution in [1.82, 2.24) is 4.90 Å². The summed E-state index contributed by atoms with van der Waals surface area (Å²) >= 11 is 0. The second kappa shape index (κ2) is 6.31. The number of β-amino-alcohol motifs (C(OH)–C–C–N with tert-alkyl or cyclic N) is 1. The zero-order chi connectivity index (χ0) is 13.8. The van der Waals surface area contributed by atoms with Crippen molar-refractivity contribution in [2.45, 2.75) is 32.8 Å². The van der Waals surface area contributed by atoms with Crippen molar-refractivity contribution < 1.29 is 9.90 Å². The van der Waals surface area contributed by atoms with Crippen LogP contribution >= 0.6 is 0 Å². The molecule has 2 rings (SSSR count). The fourth-order valence-electron chi connectivity index (χ4n) is 2.46. The van der Waals surface area contributed by atoms with Crippen molar-refractivity contribution in [3.63, 3.8) is 0 Å². The second-order valence-corrected chi connectivity index (χ2v) is 5.67. The highest BCUT2D eigenvalue weighted by atomic mass is 16.3. The quantitative estimate of drug-likeness (QED) is 0.845. The van der Waals surface area contributed by atoms with Gasteiger partial charge in [-0.2, -0.15) is 0 Å². The van der Waals surface area contributed by atoms with Gasteiger partial charge in [0, 0.05) is 25.1 Å². The molecule has 104 valence electrons. The molecule has 0 radical (unpaired) electrons. The van der Waals surface area contributed by atoms with Gasteiger partial charge < -0.3 is 10.0 Å². The van der Waals surface area contributed by atoms with E-state index >= 15 is 0 Å². The molecule has 19 heavy (non-hydrogen) atoms. The van der Waals surface area contributed by atoms with E-state index in [-0.39, 0.29) is 11.9 Å². The fourth-order valence-corrected chi connectivity index (χ4v) is 2.46. The average Bonchev–Trinajstić information content (AvgIpc) is 2.40. The number of aliphatic hydroxyl groups excluding tert-OH is 1. The number of aryl methyl sites for hydroxylation is 1. The molecule has 1 fully saturated rings. The number of rotatable bonds is 4. The summed E-state index contributed by atoms with van der Waals surface area (Å²) in [6.45, 7) is 6.53. The minimum absolute atomic E-state index is 0.188. The monoisotopic (exact) mass is 261 g/mol. The first-order chi connectivity index (χ1) is 9.06. The van der Waals surface area contributed by atoms with E-state index in [0.29, 0.717) is 18.9 Å². The van der Waals surface area contributed by atoms with Crippen LogP contribution in [0.3, 0.4) is 0 Å². The Morgan fingerprint density at radius 3 is 2.68 bits per heavy atom. The maximum Gasteiger partial charge on any atom is 0.164 e. The molecule has 0 saturated carbocycles. The lowest BCUT2D eigenvalue weighted by molar-refractivity contribution is 0.0287. The minimum atomic E-state index is -0.247. The van der Waals surface area contributed by atoms with Crippen LogP contribution < -0.4 is 0 Å². The smallest absolute Gasteiger partial charge is 0.164 e. The van der Waals surface area contributed by atoms with Gasteiger partial charge in [-0.1, -0.05) is 36.8 Å². The first-order valence-electron chi connectivity index (χ1n) is 7.06. The number of Topliss-reactive ketones (excluding diaryl/α,β-unsaturated/α-hetero) is 1. The van der Waals surface area contributed by atoms with Gasteiger partial charge in [0.25, 0.3) is 0 Å². The minimum Gasteiger partial charge on any atom is -0.392 e. The first kappa shape index (κ1) is 14.2. The van der Waals surface area contributed by atoms with E-state index in [1.807, 2.05) is 31.2 Å². The van der Waals surface area contributed by atoms with Crippen molar-refractivity contribution in [2.75, 3.05) is 19.6 Å². The van der Waals surface area contributed by atoms with E-state index in [9.17, 15) is 9.90 Å². The Balaban J connectivity index is 1.82. The third-order valence-corrected chi connectivity index (χ3v) is 4.03. The summed E-state index contributed by atoms with van der Waals surface area (Å²) in [4.78, 5) is 14.2. The predicted octanol–water partition coefficient (Wildman–Crippen LogP) is 2.27. The Kier molecular flexibility index (Phi) is 4.72. The number of hydrogen-bond acceptors (Lipinski definition) is 3. The van der Waals surface area contributed by atoms with Gasteiger partial charge >= 0.3 is 0 Å². The number of nitrogens with zero attached hydrogens (tertiary/aromatic N) is 1. The molecule has 0 aliphatic carbocycles. The average molecular weight is 261 g/mol. The lowest BCUT2D eigenvalue weighted by atomic mass is 9.96. The number of carbonyl (C=O) groups excluding carboxylic acids is 1. The maximum absolute atomic E-state index is 12.1. The second-order valence-electron chi connectivity index (χ2n) is 5.67. The Hall–Kier alpha value is -1.19.